The van der Waals surface area contributed by atoms with Crippen LogP contribution in [0.5, 0.6) is 0 Å². The standard InChI is InChI=1S/C19H43N2PSi4/c1-23(2,3)20(24(4,5)6)22(18-19-16-14-13-15-17-19)21(25(7,8)9)26(10,11)12/h13-17H,18H2,1-12H3. The third-order valence-electron chi connectivity index (χ3n) is 4.17. The van der Waals surface area contributed by atoms with Crippen molar-refractivity contribution in [3.8, 4) is 0 Å². The van der Waals surface area contributed by atoms with E-state index in [4.69, 9.17) is 0 Å². The van der Waals surface area contributed by atoms with E-state index in [1.54, 1.807) is 0 Å². The lowest BCUT2D eigenvalue weighted by atomic mass is 10.2. The molecule has 0 N–H and O–H groups in total. The molecular formula is C19H43N2PSi4. The van der Waals surface area contributed by atoms with Crippen molar-refractivity contribution in [2.45, 2.75) is 84.7 Å². The van der Waals surface area contributed by atoms with Crippen molar-refractivity contribution in [1.29, 1.82) is 0 Å². The maximum Gasteiger partial charge on any atom is 0.117 e. The number of rotatable bonds is 8. The molecule has 0 heterocycles. The van der Waals surface area contributed by atoms with Crippen molar-refractivity contribution < 1.29 is 0 Å². The Labute approximate surface area is 169 Å². The van der Waals surface area contributed by atoms with Crippen LogP contribution in [0.25, 0.3) is 0 Å². The molecule has 0 radical (unpaired) electrons. The maximum absolute atomic E-state index is 3.12. The van der Waals surface area contributed by atoms with Crippen LogP contribution in [0, 0.1) is 0 Å². The van der Waals surface area contributed by atoms with Gasteiger partial charge in [-0.15, -0.1) is 0 Å². The number of benzene rings is 1. The topological polar surface area (TPSA) is 6.48 Å². The molecule has 0 amide bonds. The van der Waals surface area contributed by atoms with Crippen molar-refractivity contribution >= 4 is 41.2 Å². The van der Waals surface area contributed by atoms with E-state index >= 15 is 0 Å². The van der Waals surface area contributed by atoms with Gasteiger partial charge in [0.15, 0.2) is 0 Å². The molecule has 0 aliphatic rings. The lowest BCUT2D eigenvalue weighted by Gasteiger charge is -2.58. The first-order valence-corrected chi connectivity index (χ1v) is 25.1. The second-order valence-corrected chi connectivity index (χ2v) is 34.7. The molecule has 1 rings (SSSR count). The van der Waals surface area contributed by atoms with Gasteiger partial charge in [-0.1, -0.05) is 109 Å². The smallest absolute Gasteiger partial charge is 0.117 e. The molecule has 0 aliphatic carbocycles. The summed E-state index contributed by atoms with van der Waals surface area (Å²) in [6.45, 7) is 30.8. The fourth-order valence-electron chi connectivity index (χ4n) is 4.38. The Bertz CT molecular complexity index is 508. The Hall–Kier alpha value is 0.438. The van der Waals surface area contributed by atoms with Crippen LogP contribution in [0.1, 0.15) is 5.56 Å². The lowest BCUT2D eigenvalue weighted by molar-refractivity contribution is 0.849. The summed E-state index contributed by atoms with van der Waals surface area (Å²) < 4.78 is 6.25. The summed E-state index contributed by atoms with van der Waals surface area (Å²) in [5.74, 6) is 0. The molecule has 7 heteroatoms. The highest BCUT2D eigenvalue weighted by Crippen LogP contribution is 2.57. The van der Waals surface area contributed by atoms with Gasteiger partial charge in [-0.05, 0) is 5.56 Å². The van der Waals surface area contributed by atoms with Gasteiger partial charge in [0.25, 0.3) is 0 Å². The zero-order chi connectivity index (χ0) is 20.6. The summed E-state index contributed by atoms with van der Waals surface area (Å²) in [6.07, 6.45) is 1.22. The van der Waals surface area contributed by atoms with Crippen LogP contribution in [0.15, 0.2) is 30.3 Å². The van der Waals surface area contributed by atoms with Gasteiger partial charge in [0.2, 0.25) is 0 Å². The first-order chi connectivity index (χ1) is 11.5. The molecule has 0 unspecified atom stereocenters. The van der Waals surface area contributed by atoms with Crippen molar-refractivity contribution in [3.63, 3.8) is 0 Å². The minimum absolute atomic E-state index is 0.302. The van der Waals surface area contributed by atoms with Crippen molar-refractivity contribution in [2.24, 2.45) is 0 Å². The van der Waals surface area contributed by atoms with E-state index in [0.717, 1.165) is 0 Å². The van der Waals surface area contributed by atoms with Gasteiger partial charge < -0.3 is 8.00 Å². The molecule has 0 saturated carbocycles. The van der Waals surface area contributed by atoms with E-state index in [2.05, 4.69) is 117 Å². The molecule has 0 aromatic heterocycles. The summed E-state index contributed by atoms with van der Waals surface area (Å²) >= 11 is 0. The molecule has 0 spiro atoms. The largest absolute Gasteiger partial charge is 0.313 e. The van der Waals surface area contributed by atoms with Gasteiger partial charge in [0.05, 0.1) is 0 Å². The Morgan fingerprint density at radius 1 is 0.577 bits per heavy atom. The van der Waals surface area contributed by atoms with Gasteiger partial charge in [-0.3, -0.25) is 0 Å². The van der Waals surface area contributed by atoms with E-state index in [-0.39, 0.29) is 8.22 Å². The highest BCUT2D eigenvalue weighted by molar-refractivity contribution is 7.61. The van der Waals surface area contributed by atoms with E-state index in [0.29, 0.717) is 0 Å². The van der Waals surface area contributed by atoms with Gasteiger partial charge in [-0.2, -0.15) is 0 Å². The summed E-state index contributed by atoms with van der Waals surface area (Å²) in [5, 5.41) is 0. The van der Waals surface area contributed by atoms with E-state index in [9.17, 15) is 0 Å². The fraction of sp³-hybridized carbons (Fsp3) is 0.684. The predicted octanol–water partition coefficient (Wildman–Crippen LogP) is 7.44. The molecular weight excluding hydrogens is 400 g/mol. The van der Waals surface area contributed by atoms with E-state index in [1.807, 2.05) is 0 Å². The molecule has 26 heavy (non-hydrogen) atoms. The number of hydrogen-bond acceptors (Lipinski definition) is 2. The van der Waals surface area contributed by atoms with Crippen LogP contribution in [0.4, 0.5) is 0 Å². The van der Waals surface area contributed by atoms with Crippen LogP contribution in [-0.2, 0) is 6.16 Å². The van der Waals surface area contributed by atoms with Crippen molar-refractivity contribution in [1.82, 2.24) is 8.00 Å². The van der Waals surface area contributed by atoms with Crippen LogP contribution in [0.3, 0.4) is 0 Å². The minimum Gasteiger partial charge on any atom is -0.313 e. The first-order valence-electron chi connectivity index (χ1n) is 9.87. The average molecular weight is 443 g/mol. The Morgan fingerprint density at radius 2 is 0.885 bits per heavy atom. The molecule has 0 bridgehead atoms. The molecule has 150 valence electrons. The summed E-state index contributed by atoms with van der Waals surface area (Å²) in [7, 11) is -6.03. The van der Waals surface area contributed by atoms with Crippen LogP contribution in [-0.4, -0.2) is 40.9 Å². The predicted molar refractivity (Wildman–Crippen MR) is 134 cm³/mol. The molecule has 0 atom stereocenters. The van der Waals surface area contributed by atoms with E-state index < -0.39 is 32.9 Å². The SMILES string of the molecule is C[Si](C)(C)N(P(Cc1ccccc1)N([Si](C)(C)C)[Si](C)(C)C)[Si](C)(C)C. The second-order valence-electron chi connectivity index (χ2n) is 11.3. The second kappa shape index (κ2) is 8.44. The van der Waals surface area contributed by atoms with Gasteiger partial charge >= 0.3 is 0 Å². The maximum atomic E-state index is 3.12. The first kappa shape index (κ1) is 24.5. The summed E-state index contributed by atoms with van der Waals surface area (Å²) in [5.41, 5.74) is 1.52. The molecule has 0 saturated heterocycles. The van der Waals surface area contributed by atoms with Crippen LogP contribution < -0.4 is 0 Å². The Balaban J connectivity index is 3.59. The highest BCUT2D eigenvalue weighted by Gasteiger charge is 2.48. The quantitative estimate of drug-likeness (QED) is 0.305. The van der Waals surface area contributed by atoms with Crippen LogP contribution >= 0.6 is 8.22 Å². The Kier molecular flexibility index (Phi) is 7.94. The Morgan fingerprint density at radius 3 is 1.15 bits per heavy atom. The number of hydrogen-bond donors (Lipinski definition) is 0. The minimum atomic E-state index is -1.43. The summed E-state index contributed by atoms with van der Waals surface area (Å²) in [4.78, 5) is 0. The average Bonchev–Trinajstić information content (AvgIpc) is 2.32. The van der Waals surface area contributed by atoms with Gasteiger partial charge in [0.1, 0.15) is 32.9 Å². The van der Waals surface area contributed by atoms with E-state index in [1.165, 1.54) is 11.7 Å². The summed E-state index contributed by atoms with van der Waals surface area (Å²) in [6, 6.07) is 11.3. The highest BCUT2D eigenvalue weighted by atomic mass is 31.1. The lowest BCUT2D eigenvalue weighted by Crippen LogP contribution is -2.64. The zero-order valence-corrected chi connectivity index (χ0v) is 24.3. The van der Waals surface area contributed by atoms with Gasteiger partial charge in [0, 0.05) is 14.4 Å². The normalized spacial score (nSPS) is 14.6. The van der Waals surface area contributed by atoms with Crippen LogP contribution in [0.2, 0.25) is 78.6 Å². The number of nitrogens with zero attached hydrogens (tertiary/aromatic N) is 2. The van der Waals surface area contributed by atoms with Gasteiger partial charge in [-0.25, -0.2) is 0 Å². The monoisotopic (exact) mass is 442 g/mol. The van der Waals surface area contributed by atoms with Crippen molar-refractivity contribution in [3.05, 3.63) is 35.9 Å². The van der Waals surface area contributed by atoms with Crippen molar-refractivity contribution in [2.75, 3.05) is 0 Å². The molecule has 1 aromatic carbocycles. The molecule has 2 nitrogen and oxygen atoms in total. The third-order valence-corrected chi connectivity index (χ3v) is 28.8. The molecule has 0 aliphatic heterocycles. The fourth-order valence-corrected chi connectivity index (χ4v) is 35.6. The third kappa shape index (κ3) is 6.80. The molecule has 1 aromatic rings. The zero-order valence-electron chi connectivity index (χ0n) is 19.4. The molecule has 0 fully saturated rings.